The fourth-order valence-electron chi connectivity index (χ4n) is 3.12. The summed E-state index contributed by atoms with van der Waals surface area (Å²) in [5, 5.41) is 8.41. The van der Waals surface area contributed by atoms with Crippen LogP contribution in [-0.4, -0.2) is 57.6 Å². The van der Waals surface area contributed by atoms with Crippen molar-refractivity contribution in [2.24, 2.45) is 5.92 Å². The Morgan fingerprint density at radius 3 is 2.92 bits per heavy atom. The predicted molar refractivity (Wildman–Crippen MR) is 92.7 cm³/mol. The van der Waals surface area contributed by atoms with Gasteiger partial charge in [-0.05, 0) is 31.2 Å². The first-order valence-electron chi connectivity index (χ1n) is 9.00. The molecule has 1 amide bonds. The van der Waals surface area contributed by atoms with E-state index in [-0.39, 0.29) is 11.9 Å². The van der Waals surface area contributed by atoms with Gasteiger partial charge in [0, 0.05) is 32.0 Å². The van der Waals surface area contributed by atoms with Crippen LogP contribution in [0.15, 0.2) is 24.5 Å². The molecule has 0 radical (unpaired) electrons. The Labute approximate surface area is 152 Å². The van der Waals surface area contributed by atoms with Crippen molar-refractivity contribution in [2.45, 2.75) is 31.9 Å². The van der Waals surface area contributed by atoms with Crippen LogP contribution < -0.4 is 4.74 Å². The second kappa shape index (κ2) is 7.41. The van der Waals surface area contributed by atoms with E-state index in [4.69, 9.17) is 9.47 Å². The zero-order valence-electron chi connectivity index (χ0n) is 14.9. The van der Waals surface area contributed by atoms with E-state index in [2.05, 4.69) is 15.3 Å². The highest BCUT2D eigenvalue weighted by atomic mass is 16.5. The van der Waals surface area contributed by atoms with Crippen LogP contribution >= 0.6 is 0 Å². The molecule has 8 heteroatoms. The molecular formula is C18H23N5O3. The van der Waals surface area contributed by atoms with Crippen LogP contribution in [0.3, 0.4) is 0 Å². The number of nitrogens with zero attached hydrogens (tertiary/aromatic N) is 5. The monoisotopic (exact) mass is 357 g/mol. The quantitative estimate of drug-likeness (QED) is 0.750. The van der Waals surface area contributed by atoms with Crippen LogP contribution in [0.25, 0.3) is 0 Å². The van der Waals surface area contributed by atoms with Gasteiger partial charge in [0.05, 0.1) is 31.5 Å². The Morgan fingerprint density at radius 2 is 2.19 bits per heavy atom. The van der Waals surface area contributed by atoms with Crippen molar-refractivity contribution < 1.29 is 14.3 Å². The maximum absolute atomic E-state index is 12.6. The topological polar surface area (TPSA) is 82.4 Å². The van der Waals surface area contributed by atoms with E-state index >= 15 is 0 Å². The second-order valence-electron chi connectivity index (χ2n) is 6.93. The number of amides is 1. The highest BCUT2D eigenvalue weighted by molar-refractivity contribution is 5.94. The Balaban J connectivity index is 1.32. The van der Waals surface area contributed by atoms with Gasteiger partial charge in [-0.3, -0.25) is 4.79 Å². The molecule has 1 saturated carbocycles. The van der Waals surface area contributed by atoms with Crippen LogP contribution in [0.5, 0.6) is 5.88 Å². The van der Waals surface area contributed by atoms with Gasteiger partial charge in [-0.15, -0.1) is 5.10 Å². The molecule has 1 aliphatic heterocycles. The van der Waals surface area contributed by atoms with Crippen molar-refractivity contribution in [3.63, 3.8) is 0 Å². The van der Waals surface area contributed by atoms with Crippen LogP contribution in [0.1, 0.15) is 41.4 Å². The average Bonchev–Trinajstić information content (AvgIpc) is 3.17. The lowest BCUT2D eigenvalue weighted by Gasteiger charge is -2.16. The molecule has 2 aromatic rings. The third kappa shape index (κ3) is 3.85. The van der Waals surface area contributed by atoms with Gasteiger partial charge in [0.1, 0.15) is 5.69 Å². The third-order valence-corrected chi connectivity index (χ3v) is 4.88. The predicted octanol–water partition coefficient (Wildman–Crippen LogP) is 1.70. The lowest BCUT2D eigenvalue weighted by atomic mass is 10.2. The lowest BCUT2D eigenvalue weighted by Crippen LogP contribution is -2.29. The summed E-state index contributed by atoms with van der Waals surface area (Å²) in [7, 11) is 1.55. The van der Waals surface area contributed by atoms with E-state index in [1.807, 2.05) is 15.8 Å². The van der Waals surface area contributed by atoms with Gasteiger partial charge in [0.15, 0.2) is 0 Å². The summed E-state index contributed by atoms with van der Waals surface area (Å²) in [5.41, 5.74) is 1.41. The van der Waals surface area contributed by atoms with Crippen LogP contribution in [0.4, 0.5) is 0 Å². The Kier molecular flexibility index (Phi) is 4.83. The van der Waals surface area contributed by atoms with Crippen LogP contribution in [0.2, 0.25) is 0 Å². The molecule has 2 fully saturated rings. The van der Waals surface area contributed by atoms with E-state index in [0.717, 1.165) is 24.6 Å². The Hall–Kier alpha value is -2.48. The maximum Gasteiger partial charge on any atom is 0.255 e. The first kappa shape index (κ1) is 17.0. The fourth-order valence-corrected chi connectivity index (χ4v) is 3.12. The molecule has 1 atom stereocenters. The molecule has 138 valence electrons. The first-order valence-corrected chi connectivity index (χ1v) is 9.00. The number of aromatic nitrogens is 4. The summed E-state index contributed by atoms with van der Waals surface area (Å²) in [6.45, 7) is 2.64. The molecule has 0 spiro atoms. The SMILES string of the molecule is COc1ccc(C(=O)N2CCC(n3cc(COCC4CC4)nn3)C2)cn1. The standard InChI is InChI=1S/C18H23N5O3/c1-25-17-5-4-14(8-19-17)18(24)22-7-6-16(10-22)23-9-15(20-21-23)12-26-11-13-2-3-13/h4-5,8-9,13,16H,2-3,6-7,10-12H2,1H3. The normalized spacial score (nSPS) is 19.7. The summed E-state index contributed by atoms with van der Waals surface area (Å²) in [4.78, 5) is 18.6. The van der Waals surface area contributed by atoms with Crippen molar-refractivity contribution in [3.05, 3.63) is 35.8 Å². The van der Waals surface area contributed by atoms with Gasteiger partial charge in [-0.2, -0.15) is 0 Å². The summed E-state index contributed by atoms with van der Waals surface area (Å²) in [6, 6.07) is 3.59. The molecule has 1 aliphatic carbocycles. The molecule has 1 unspecified atom stereocenters. The molecule has 4 rings (SSSR count). The number of carbonyl (C=O) groups excluding carboxylic acids is 1. The molecule has 0 N–H and O–H groups in total. The van der Waals surface area contributed by atoms with E-state index in [1.54, 1.807) is 25.4 Å². The van der Waals surface area contributed by atoms with Gasteiger partial charge >= 0.3 is 0 Å². The van der Waals surface area contributed by atoms with Crippen LogP contribution in [0, 0.1) is 5.92 Å². The zero-order chi connectivity index (χ0) is 17.9. The van der Waals surface area contributed by atoms with E-state index in [1.165, 1.54) is 12.8 Å². The molecule has 26 heavy (non-hydrogen) atoms. The smallest absolute Gasteiger partial charge is 0.255 e. The molecule has 1 saturated heterocycles. The van der Waals surface area contributed by atoms with Gasteiger partial charge < -0.3 is 14.4 Å². The van der Waals surface area contributed by atoms with Crippen molar-refractivity contribution >= 4 is 5.91 Å². The van der Waals surface area contributed by atoms with Crippen LogP contribution in [-0.2, 0) is 11.3 Å². The second-order valence-corrected chi connectivity index (χ2v) is 6.93. The molecule has 2 aromatic heterocycles. The maximum atomic E-state index is 12.6. The molecule has 3 heterocycles. The van der Waals surface area contributed by atoms with Crippen molar-refractivity contribution in [3.8, 4) is 5.88 Å². The van der Waals surface area contributed by atoms with Crippen molar-refractivity contribution in [1.29, 1.82) is 0 Å². The van der Waals surface area contributed by atoms with Gasteiger partial charge in [0.25, 0.3) is 5.91 Å². The Bertz CT molecular complexity index is 756. The number of hydrogen-bond acceptors (Lipinski definition) is 6. The zero-order valence-corrected chi connectivity index (χ0v) is 14.9. The largest absolute Gasteiger partial charge is 0.481 e. The van der Waals surface area contributed by atoms with Gasteiger partial charge in [-0.25, -0.2) is 9.67 Å². The summed E-state index contributed by atoms with van der Waals surface area (Å²) >= 11 is 0. The lowest BCUT2D eigenvalue weighted by molar-refractivity contribution is 0.0786. The molecule has 2 aliphatic rings. The minimum atomic E-state index is -0.0178. The summed E-state index contributed by atoms with van der Waals surface area (Å²) < 4.78 is 12.5. The molecule has 8 nitrogen and oxygen atoms in total. The number of likely N-dealkylation sites (tertiary alicyclic amines) is 1. The molecule has 0 aromatic carbocycles. The van der Waals surface area contributed by atoms with E-state index in [0.29, 0.717) is 31.1 Å². The van der Waals surface area contributed by atoms with Gasteiger partial charge in [0.2, 0.25) is 5.88 Å². The van der Waals surface area contributed by atoms with E-state index < -0.39 is 0 Å². The minimum absolute atomic E-state index is 0.0178. The first-order chi connectivity index (χ1) is 12.7. The van der Waals surface area contributed by atoms with Gasteiger partial charge in [-0.1, -0.05) is 5.21 Å². The van der Waals surface area contributed by atoms with Crippen molar-refractivity contribution in [1.82, 2.24) is 24.9 Å². The minimum Gasteiger partial charge on any atom is -0.481 e. The highest BCUT2D eigenvalue weighted by Crippen LogP contribution is 2.29. The van der Waals surface area contributed by atoms with E-state index in [9.17, 15) is 4.79 Å². The third-order valence-electron chi connectivity index (χ3n) is 4.88. The number of ether oxygens (including phenoxy) is 2. The fraction of sp³-hybridized carbons (Fsp3) is 0.556. The number of pyridine rings is 1. The average molecular weight is 357 g/mol. The number of hydrogen-bond donors (Lipinski definition) is 0. The number of carbonyl (C=O) groups is 1. The highest BCUT2D eigenvalue weighted by Gasteiger charge is 2.29. The van der Waals surface area contributed by atoms with Crippen molar-refractivity contribution in [2.75, 3.05) is 26.8 Å². The number of methoxy groups -OCH3 is 1. The Morgan fingerprint density at radius 1 is 1.31 bits per heavy atom. The summed E-state index contributed by atoms with van der Waals surface area (Å²) in [6.07, 6.45) is 6.91. The number of rotatable bonds is 7. The molecular weight excluding hydrogens is 334 g/mol. The summed E-state index contributed by atoms with van der Waals surface area (Å²) in [5.74, 6) is 1.22. The molecule has 0 bridgehead atoms.